The lowest BCUT2D eigenvalue weighted by molar-refractivity contribution is -0.132. The molecule has 0 saturated heterocycles. The van der Waals surface area contributed by atoms with Gasteiger partial charge in [0.1, 0.15) is 12.3 Å². The van der Waals surface area contributed by atoms with E-state index in [0.717, 1.165) is 0 Å². The van der Waals surface area contributed by atoms with Crippen LogP contribution in [0.5, 0.6) is 0 Å². The van der Waals surface area contributed by atoms with E-state index < -0.39 is 41.8 Å². The third-order valence-electron chi connectivity index (χ3n) is 3.60. The molecule has 10 heteroatoms. The monoisotopic (exact) mass is 371 g/mol. The van der Waals surface area contributed by atoms with Crippen LogP contribution in [0, 0.1) is 5.92 Å². The molecule has 0 saturated carbocycles. The molecule has 0 aliphatic rings. The van der Waals surface area contributed by atoms with Gasteiger partial charge in [-0.1, -0.05) is 13.8 Å². The number of likely N-dealkylation sites (N-methyl/N-ethyl adjacent to an activating group) is 1. The van der Waals surface area contributed by atoms with Crippen molar-refractivity contribution in [2.75, 3.05) is 7.05 Å². The standard InChI is InChI=1S/C16H29N5O5/c1-9(2)6-10(8-22)20-15(25)11(4-5-13(17)23)21-16(26)12(19-3)7-14(18)24/h8-12,19H,4-7H2,1-3H3,(H2,17,23)(H2,18,24)(H,20,25)(H,21,26)/t10-,11-,12-/m0/s1. The molecule has 0 aromatic heterocycles. The van der Waals surface area contributed by atoms with E-state index in [2.05, 4.69) is 16.0 Å². The molecule has 26 heavy (non-hydrogen) atoms. The van der Waals surface area contributed by atoms with Crippen molar-refractivity contribution in [3.05, 3.63) is 0 Å². The fraction of sp³-hybridized carbons (Fsp3) is 0.688. The predicted octanol–water partition coefficient (Wildman–Crippen LogP) is -2.07. The molecule has 0 rings (SSSR count). The van der Waals surface area contributed by atoms with Gasteiger partial charge in [0.05, 0.1) is 18.5 Å². The van der Waals surface area contributed by atoms with Gasteiger partial charge in [0.2, 0.25) is 23.6 Å². The Morgan fingerprint density at radius 2 is 1.54 bits per heavy atom. The van der Waals surface area contributed by atoms with Crippen LogP contribution in [-0.4, -0.2) is 55.1 Å². The van der Waals surface area contributed by atoms with Gasteiger partial charge in [-0.3, -0.25) is 19.2 Å². The predicted molar refractivity (Wildman–Crippen MR) is 94.5 cm³/mol. The number of amides is 4. The third-order valence-corrected chi connectivity index (χ3v) is 3.60. The molecule has 0 unspecified atom stereocenters. The maximum atomic E-state index is 12.4. The molecule has 0 bridgehead atoms. The van der Waals surface area contributed by atoms with E-state index in [9.17, 15) is 24.0 Å². The normalized spacial score (nSPS) is 14.2. The minimum Gasteiger partial charge on any atom is -0.370 e. The van der Waals surface area contributed by atoms with Crippen LogP contribution in [0.25, 0.3) is 0 Å². The number of hydrogen-bond donors (Lipinski definition) is 5. The van der Waals surface area contributed by atoms with Crippen LogP contribution in [0.15, 0.2) is 0 Å². The quantitative estimate of drug-likeness (QED) is 0.232. The molecule has 7 N–H and O–H groups in total. The number of primary amides is 2. The summed E-state index contributed by atoms with van der Waals surface area (Å²) in [5.74, 6) is -2.37. The Labute approximate surface area is 152 Å². The molecule has 0 aliphatic heterocycles. The lowest BCUT2D eigenvalue weighted by Crippen LogP contribution is -2.54. The van der Waals surface area contributed by atoms with Crippen LogP contribution in [-0.2, 0) is 24.0 Å². The summed E-state index contributed by atoms with van der Waals surface area (Å²) in [6.45, 7) is 3.80. The van der Waals surface area contributed by atoms with Crippen molar-refractivity contribution in [2.24, 2.45) is 17.4 Å². The molecule has 0 spiro atoms. The van der Waals surface area contributed by atoms with Gasteiger partial charge < -0.3 is 32.2 Å². The summed E-state index contributed by atoms with van der Waals surface area (Å²) < 4.78 is 0. The lowest BCUT2D eigenvalue weighted by atomic mass is 10.0. The Bertz CT molecular complexity index is 523. The van der Waals surface area contributed by atoms with Crippen molar-refractivity contribution in [1.82, 2.24) is 16.0 Å². The van der Waals surface area contributed by atoms with Crippen LogP contribution in [0.1, 0.15) is 39.5 Å². The van der Waals surface area contributed by atoms with E-state index in [-0.39, 0.29) is 25.2 Å². The Balaban J connectivity index is 5.09. The van der Waals surface area contributed by atoms with Crippen LogP contribution >= 0.6 is 0 Å². The number of nitrogens with two attached hydrogens (primary N) is 2. The zero-order valence-electron chi connectivity index (χ0n) is 15.4. The van der Waals surface area contributed by atoms with Crippen LogP contribution in [0.2, 0.25) is 0 Å². The van der Waals surface area contributed by atoms with E-state index >= 15 is 0 Å². The van der Waals surface area contributed by atoms with Crippen molar-refractivity contribution in [3.8, 4) is 0 Å². The highest BCUT2D eigenvalue weighted by Crippen LogP contribution is 2.05. The Kier molecular flexibility index (Phi) is 10.8. The fourth-order valence-corrected chi connectivity index (χ4v) is 2.29. The Morgan fingerprint density at radius 3 is 1.96 bits per heavy atom. The summed E-state index contributed by atoms with van der Waals surface area (Å²) in [4.78, 5) is 57.8. The topological polar surface area (TPSA) is 173 Å². The number of nitrogens with one attached hydrogen (secondary N) is 3. The van der Waals surface area contributed by atoms with Crippen molar-refractivity contribution >= 4 is 29.9 Å². The Hall–Kier alpha value is -2.49. The van der Waals surface area contributed by atoms with Gasteiger partial charge in [-0.15, -0.1) is 0 Å². The molecule has 148 valence electrons. The van der Waals surface area contributed by atoms with Crippen molar-refractivity contribution < 1.29 is 24.0 Å². The maximum absolute atomic E-state index is 12.4. The summed E-state index contributed by atoms with van der Waals surface area (Å²) in [7, 11) is 1.47. The smallest absolute Gasteiger partial charge is 0.243 e. The summed E-state index contributed by atoms with van der Waals surface area (Å²) in [6, 6.07) is -2.71. The van der Waals surface area contributed by atoms with Gasteiger partial charge in [-0.2, -0.15) is 0 Å². The third kappa shape index (κ3) is 9.72. The molecule has 3 atom stereocenters. The van der Waals surface area contributed by atoms with E-state index in [0.29, 0.717) is 12.7 Å². The second-order valence-electron chi connectivity index (χ2n) is 6.46. The summed E-state index contributed by atoms with van der Waals surface area (Å²) in [5.41, 5.74) is 10.2. The molecule has 0 aromatic rings. The molecule has 0 fully saturated rings. The average molecular weight is 371 g/mol. The number of rotatable bonds is 13. The van der Waals surface area contributed by atoms with Gasteiger partial charge in [-0.25, -0.2) is 0 Å². The number of hydrogen-bond acceptors (Lipinski definition) is 6. The van der Waals surface area contributed by atoms with Gasteiger partial charge >= 0.3 is 0 Å². The second kappa shape index (κ2) is 12.0. The lowest BCUT2D eigenvalue weighted by Gasteiger charge is -2.23. The fourth-order valence-electron chi connectivity index (χ4n) is 2.29. The van der Waals surface area contributed by atoms with Crippen LogP contribution in [0.3, 0.4) is 0 Å². The van der Waals surface area contributed by atoms with E-state index in [4.69, 9.17) is 11.5 Å². The molecule has 0 aromatic carbocycles. The van der Waals surface area contributed by atoms with Gasteiger partial charge in [0.25, 0.3) is 0 Å². The maximum Gasteiger partial charge on any atom is 0.243 e. The molecule has 0 heterocycles. The molecular formula is C16H29N5O5. The van der Waals surface area contributed by atoms with Gasteiger partial charge in [0, 0.05) is 6.42 Å². The molecule has 10 nitrogen and oxygen atoms in total. The second-order valence-corrected chi connectivity index (χ2v) is 6.46. The SMILES string of the molecule is CN[C@@H](CC(N)=O)C(=O)N[C@@H](CCC(N)=O)C(=O)N[C@H](C=O)CC(C)C. The summed E-state index contributed by atoms with van der Waals surface area (Å²) >= 11 is 0. The van der Waals surface area contributed by atoms with Gasteiger partial charge in [0.15, 0.2) is 0 Å². The molecule has 0 radical (unpaired) electrons. The minimum atomic E-state index is -1.08. The van der Waals surface area contributed by atoms with Crippen LogP contribution in [0.4, 0.5) is 0 Å². The van der Waals surface area contributed by atoms with E-state index in [1.807, 2.05) is 13.8 Å². The highest BCUT2D eigenvalue weighted by atomic mass is 16.2. The zero-order valence-corrected chi connectivity index (χ0v) is 15.4. The van der Waals surface area contributed by atoms with Gasteiger partial charge in [-0.05, 0) is 25.8 Å². The minimum absolute atomic E-state index is 0.0346. The van der Waals surface area contributed by atoms with E-state index in [1.165, 1.54) is 7.05 Å². The van der Waals surface area contributed by atoms with Crippen molar-refractivity contribution in [3.63, 3.8) is 0 Å². The highest BCUT2D eigenvalue weighted by Gasteiger charge is 2.27. The summed E-state index contributed by atoms with van der Waals surface area (Å²) in [6.07, 6.45) is 0.638. The first-order valence-electron chi connectivity index (χ1n) is 8.40. The molecule has 4 amide bonds. The molecule has 0 aliphatic carbocycles. The average Bonchev–Trinajstić information content (AvgIpc) is 2.54. The summed E-state index contributed by atoms with van der Waals surface area (Å²) in [5, 5.41) is 7.63. The number of aldehydes is 1. The Morgan fingerprint density at radius 1 is 0.962 bits per heavy atom. The molecular weight excluding hydrogens is 342 g/mol. The largest absolute Gasteiger partial charge is 0.370 e. The van der Waals surface area contributed by atoms with E-state index in [1.54, 1.807) is 0 Å². The number of carbonyl (C=O) groups excluding carboxylic acids is 5. The first-order valence-corrected chi connectivity index (χ1v) is 8.40. The first-order chi connectivity index (χ1) is 12.1. The zero-order chi connectivity index (χ0) is 20.3. The van der Waals surface area contributed by atoms with Crippen LogP contribution < -0.4 is 27.4 Å². The highest BCUT2D eigenvalue weighted by molar-refractivity contribution is 5.93. The van der Waals surface area contributed by atoms with Crippen molar-refractivity contribution in [1.29, 1.82) is 0 Å². The number of carbonyl (C=O) groups is 5. The first kappa shape index (κ1) is 23.5. The van der Waals surface area contributed by atoms with Crippen molar-refractivity contribution in [2.45, 2.75) is 57.7 Å².